The third-order valence-electron chi connectivity index (χ3n) is 5.86. The first kappa shape index (κ1) is 16.2. The Hall–Kier alpha value is -3.78. The maximum Gasteiger partial charge on any atom is 0.226 e. The number of aromatic nitrogens is 2. The SMILES string of the molecule is Cc1cccc2ccc3ccc[n+](-c4cccc5ccc6cccnc6c45)c3c12. The average molecular weight is 371 g/mol. The van der Waals surface area contributed by atoms with Crippen LogP contribution in [-0.2, 0) is 0 Å². The van der Waals surface area contributed by atoms with Gasteiger partial charge in [-0.1, -0.05) is 54.6 Å². The molecule has 2 aromatic heterocycles. The fourth-order valence-electron chi connectivity index (χ4n) is 4.55. The van der Waals surface area contributed by atoms with Crippen LogP contribution in [0.2, 0.25) is 0 Å². The number of rotatable bonds is 1. The highest BCUT2D eigenvalue weighted by atomic mass is 15.0. The summed E-state index contributed by atoms with van der Waals surface area (Å²) < 4.78 is 2.33. The van der Waals surface area contributed by atoms with Gasteiger partial charge >= 0.3 is 0 Å². The van der Waals surface area contributed by atoms with Crippen molar-refractivity contribution in [3.05, 3.63) is 103 Å². The van der Waals surface area contributed by atoms with Crippen molar-refractivity contribution in [3.8, 4) is 5.69 Å². The molecule has 0 spiro atoms. The molecule has 0 amide bonds. The summed E-state index contributed by atoms with van der Waals surface area (Å²) in [7, 11) is 0. The zero-order chi connectivity index (χ0) is 19.4. The van der Waals surface area contributed by atoms with E-state index in [4.69, 9.17) is 4.98 Å². The topological polar surface area (TPSA) is 16.8 Å². The van der Waals surface area contributed by atoms with Crippen molar-refractivity contribution in [2.45, 2.75) is 6.92 Å². The second-order valence-corrected chi connectivity index (χ2v) is 7.57. The smallest absolute Gasteiger partial charge is 0.226 e. The van der Waals surface area contributed by atoms with Crippen molar-refractivity contribution in [1.82, 2.24) is 4.98 Å². The lowest BCUT2D eigenvalue weighted by atomic mass is 10.00. The largest absolute Gasteiger partial charge is 0.255 e. The van der Waals surface area contributed by atoms with Gasteiger partial charge < -0.3 is 0 Å². The predicted octanol–water partition coefficient (Wildman–Crippen LogP) is 6.28. The summed E-state index contributed by atoms with van der Waals surface area (Å²) in [6.07, 6.45) is 4.05. The van der Waals surface area contributed by atoms with Gasteiger partial charge in [-0.2, -0.15) is 4.57 Å². The summed E-state index contributed by atoms with van der Waals surface area (Å²) in [5, 5.41) is 7.36. The zero-order valence-corrected chi connectivity index (χ0v) is 16.1. The third-order valence-corrected chi connectivity index (χ3v) is 5.86. The molecule has 29 heavy (non-hydrogen) atoms. The van der Waals surface area contributed by atoms with Gasteiger partial charge in [0, 0.05) is 29.1 Å². The van der Waals surface area contributed by atoms with E-state index in [1.165, 1.54) is 38.0 Å². The fraction of sp³-hybridized carbons (Fsp3) is 0.0370. The molecule has 0 aliphatic rings. The van der Waals surface area contributed by atoms with Gasteiger partial charge in [-0.25, -0.2) is 0 Å². The van der Waals surface area contributed by atoms with Crippen molar-refractivity contribution >= 4 is 43.4 Å². The monoisotopic (exact) mass is 371 g/mol. The molecule has 2 heterocycles. The summed E-state index contributed by atoms with van der Waals surface area (Å²) in [4.78, 5) is 4.74. The number of aryl methyl sites for hydroxylation is 1. The van der Waals surface area contributed by atoms with E-state index in [2.05, 4.69) is 96.6 Å². The molecule has 0 bridgehead atoms. The number of nitrogens with zero attached hydrogens (tertiary/aromatic N) is 2. The summed E-state index contributed by atoms with van der Waals surface area (Å²) >= 11 is 0. The molecule has 2 nitrogen and oxygen atoms in total. The first-order chi connectivity index (χ1) is 14.3. The first-order valence-electron chi connectivity index (χ1n) is 9.91. The summed E-state index contributed by atoms with van der Waals surface area (Å²) in [5.41, 5.74) is 4.73. The Morgan fingerprint density at radius 1 is 0.621 bits per heavy atom. The molecule has 0 atom stereocenters. The molecular weight excluding hydrogens is 352 g/mol. The summed E-state index contributed by atoms with van der Waals surface area (Å²) in [6.45, 7) is 2.19. The van der Waals surface area contributed by atoms with Gasteiger partial charge in [-0.05, 0) is 41.5 Å². The van der Waals surface area contributed by atoms with Crippen LogP contribution in [0.5, 0.6) is 0 Å². The first-order valence-corrected chi connectivity index (χ1v) is 9.91. The molecule has 0 saturated carbocycles. The van der Waals surface area contributed by atoms with Crippen LogP contribution in [0.25, 0.3) is 49.0 Å². The van der Waals surface area contributed by atoms with E-state index in [1.807, 2.05) is 12.3 Å². The van der Waals surface area contributed by atoms with Gasteiger partial charge in [-0.3, -0.25) is 4.98 Å². The molecule has 6 rings (SSSR count). The lowest BCUT2D eigenvalue weighted by molar-refractivity contribution is -0.564. The van der Waals surface area contributed by atoms with E-state index >= 15 is 0 Å². The number of hydrogen-bond acceptors (Lipinski definition) is 1. The van der Waals surface area contributed by atoms with E-state index in [0.29, 0.717) is 0 Å². The highest BCUT2D eigenvalue weighted by molar-refractivity contribution is 6.09. The molecule has 6 aromatic rings. The van der Waals surface area contributed by atoms with Gasteiger partial charge in [0.1, 0.15) is 0 Å². The molecule has 0 saturated heterocycles. The van der Waals surface area contributed by atoms with Crippen LogP contribution in [0, 0.1) is 6.92 Å². The predicted molar refractivity (Wildman–Crippen MR) is 121 cm³/mol. The van der Waals surface area contributed by atoms with Gasteiger partial charge in [0.25, 0.3) is 0 Å². The Kier molecular flexibility index (Phi) is 3.41. The lowest BCUT2D eigenvalue weighted by Gasteiger charge is -2.09. The van der Waals surface area contributed by atoms with Crippen LogP contribution in [0.15, 0.2) is 97.3 Å². The van der Waals surface area contributed by atoms with E-state index in [9.17, 15) is 0 Å². The van der Waals surface area contributed by atoms with Crippen LogP contribution in [0.4, 0.5) is 0 Å². The molecule has 0 unspecified atom stereocenters. The molecule has 0 fully saturated rings. The normalized spacial score (nSPS) is 11.6. The Bertz CT molecular complexity index is 1560. The minimum atomic E-state index is 1.04. The zero-order valence-electron chi connectivity index (χ0n) is 16.1. The Balaban J connectivity index is 1.85. The number of fused-ring (bicyclic) bond motifs is 6. The molecule has 0 aliphatic carbocycles. The van der Waals surface area contributed by atoms with Crippen molar-refractivity contribution in [1.29, 1.82) is 0 Å². The standard InChI is InChI=1S/C27H19N2/c1-18-6-2-7-19-13-15-22-10-5-17-29(27(22)24(18)19)23-11-3-8-20-12-14-21-9-4-16-28-26(21)25(20)23/h2-17H,1H3/q+1. The molecule has 2 heteroatoms. The van der Waals surface area contributed by atoms with Crippen LogP contribution in [0.1, 0.15) is 5.56 Å². The van der Waals surface area contributed by atoms with Crippen LogP contribution >= 0.6 is 0 Å². The highest BCUT2D eigenvalue weighted by Crippen LogP contribution is 2.30. The molecule has 0 aliphatic heterocycles. The molecular formula is C27H19N2+. The minimum absolute atomic E-state index is 1.04. The quantitative estimate of drug-likeness (QED) is 0.245. The van der Waals surface area contributed by atoms with E-state index in [0.717, 1.165) is 16.6 Å². The van der Waals surface area contributed by atoms with Crippen molar-refractivity contribution in [2.24, 2.45) is 0 Å². The fourth-order valence-corrected chi connectivity index (χ4v) is 4.55. The Morgan fingerprint density at radius 3 is 2.21 bits per heavy atom. The molecule has 0 radical (unpaired) electrons. The highest BCUT2D eigenvalue weighted by Gasteiger charge is 2.20. The second kappa shape index (κ2) is 6.11. The summed E-state index contributed by atoms with van der Waals surface area (Å²) in [6, 6.07) is 30.3. The van der Waals surface area contributed by atoms with E-state index in [1.54, 1.807) is 0 Å². The number of hydrogen-bond donors (Lipinski definition) is 0. The maximum atomic E-state index is 4.74. The van der Waals surface area contributed by atoms with E-state index < -0.39 is 0 Å². The molecule has 136 valence electrons. The maximum absolute atomic E-state index is 4.74. The van der Waals surface area contributed by atoms with Gasteiger partial charge in [0.15, 0.2) is 6.20 Å². The van der Waals surface area contributed by atoms with Crippen LogP contribution < -0.4 is 4.57 Å². The van der Waals surface area contributed by atoms with Gasteiger partial charge in [-0.15, -0.1) is 0 Å². The van der Waals surface area contributed by atoms with Crippen molar-refractivity contribution in [2.75, 3.05) is 0 Å². The third kappa shape index (κ3) is 2.36. The molecule has 0 N–H and O–H groups in total. The second-order valence-electron chi connectivity index (χ2n) is 7.57. The van der Waals surface area contributed by atoms with Gasteiger partial charge in [0.05, 0.1) is 16.3 Å². The molecule has 4 aromatic carbocycles. The lowest BCUT2D eigenvalue weighted by Crippen LogP contribution is -2.31. The van der Waals surface area contributed by atoms with Crippen molar-refractivity contribution in [3.63, 3.8) is 0 Å². The average Bonchev–Trinajstić information content (AvgIpc) is 2.78. The van der Waals surface area contributed by atoms with Crippen molar-refractivity contribution < 1.29 is 4.57 Å². The van der Waals surface area contributed by atoms with Crippen LogP contribution in [-0.4, -0.2) is 4.98 Å². The number of pyridine rings is 2. The Labute approximate surface area is 168 Å². The number of benzene rings is 4. The van der Waals surface area contributed by atoms with Crippen LogP contribution in [0.3, 0.4) is 0 Å². The Morgan fingerprint density at radius 2 is 1.31 bits per heavy atom. The van der Waals surface area contributed by atoms with Gasteiger partial charge in [0.2, 0.25) is 11.2 Å². The minimum Gasteiger partial charge on any atom is -0.255 e. The van der Waals surface area contributed by atoms with E-state index in [-0.39, 0.29) is 0 Å². The summed E-state index contributed by atoms with van der Waals surface area (Å²) in [5.74, 6) is 0.